The van der Waals surface area contributed by atoms with Gasteiger partial charge in [0.15, 0.2) is 0 Å². The molecule has 0 aliphatic heterocycles. The van der Waals surface area contributed by atoms with E-state index in [9.17, 15) is 14.0 Å². The summed E-state index contributed by atoms with van der Waals surface area (Å²) < 4.78 is 13.4. The highest BCUT2D eigenvalue weighted by atomic mass is 19.1. The summed E-state index contributed by atoms with van der Waals surface area (Å²) in [6, 6.07) is 6.25. The second-order valence-corrected chi connectivity index (χ2v) is 7.09. The van der Waals surface area contributed by atoms with Crippen molar-refractivity contribution in [1.29, 1.82) is 0 Å². The minimum absolute atomic E-state index is 0.0822. The van der Waals surface area contributed by atoms with E-state index in [1.807, 2.05) is 45.8 Å². The van der Waals surface area contributed by atoms with E-state index in [1.54, 1.807) is 6.07 Å². The molecule has 0 spiro atoms. The Morgan fingerprint density at radius 1 is 1.21 bits per heavy atom. The minimum atomic E-state index is -0.468. The summed E-state index contributed by atoms with van der Waals surface area (Å²) in [5.74, 6) is -0.524. The van der Waals surface area contributed by atoms with Crippen molar-refractivity contribution in [2.75, 3.05) is 27.2 Å². The van der Waals surface area contributed by atoms with Crippen LogP contribution in [0.2, 0.25) is 0 Å². The first-order valence-electron chi connectivity index (χ1n) is 8.08. The normalized spacial score (nSPS) is 12.8. The van der Waals surface area contributed by atoms with E-state index in [0.717, 1.165) is 5.56 Å². The van der Waals surface area contributed by atoms with E-state index in [2.05, 4.69) is 10.6 Å². The molecule has 0 saturated heterocycles. The van der Waals surface area contributed by atoms with Gasteiger partial charge in [-0.1, -0.05) is 32.9 Å². The van der Waals surface area contributed by atoms with E-state index >= 15 is 0 Å². The molecule has 1 aromatic rings. The number of halogens is 1. The predicted molar refractivity (Wildman–Crippen MR) is 92.9 cm³/mol. The molecule has 0 bridgehead atoms. The molecular weight excluding hydrogens is 309 g/mol. The fourth-order valence-corrected chi connectivity index (χ4v) is 2.17. The van der Waals surface area contributed by atoms with Crippen molar-refractivity contribution in [3.8, 4) is 0 Å². The van der Waals surface area contributed by atoms with Crippen molar-refractivity contribution >= 4 is 11.8 Å². The number of nitrogens with zero attached hydrogens (tertiary/aromatic N) is 1. The maximum absolute atomic E-state index is 13.4. The predicted octanol–water partition coefficient (Wildman–Crippen LogP) is 2.10. The average Bonchev–Trinajstić information content (AvgIpc) is 2.46. The zero-order valence-electron chi connectivity index (χ0n) is 15.1. The zero-order valence-corrected chi connectivity index (χ0v) is 15.1. The maximum atomic E-state index is 13.4. The molecule has 2 amide bonds. The zero-order chi connectivity index (χ0) is 18.3. The highest BCUT2D eigenvalue weighted by Gasteiger charge is 2.21. The number of carbonyl (C=O) groups is 2. The Morgan fingerprint density at radius 3 is 2.42 bits per heavy atom. The van der Waals surface area contributed by atoms with Gasteiger partial charge in [-0.3, -0.25) is 9.59 Å². The van der Waals surface area contributed by atoms with Crippen LogP contribution in [-0.4, -0.2) is 43.9 Å². The number of amides is 2. The molecule has 2 N–H and O–H groups in total. The van der Waals surface area contributed by atoms with Crippen molar-refractivity contribution in [1.82, 2.24) is 15.5 Å². The first-order chi connectivity index (χ1) is 11.1. The number of benzene rings is 1. The number of carbonyl (C=O) groups excluding carboxylic acids is 2. The number of nitrogens with one attached hydrogen (secondary N) is 2. The van der Waals surface area contributed by atoms with Gasteiger partial charge >= 0.3 is 0 Å². The molecule has 1 atom stereocenters. The van der Waals surface area contributed by atoms with Crippen LogP contribution in [0.3, 0.4) is 0 Å². The van der Waals surface area contributed by atoms with Crippen LogP contribution in [-0.2, 0) is 9.59 Å². The van der Waals surface area contributed by atoms with E-state index in [1.165, 1.54) is 12.1 Å². The lowest BCUT2D eigenvalue weighted by atomic mass is 9.96. The molecule has 0 heterocycles. The summed E-state index contributed by atoms with van der Waals surface area (Å²) in [6.07, 6.45) is 0.213. The van der Waals surface area contributed by atoms with Crippen LogP contribution in [0.5, 0.6) is 0 Å². The number of rotatable bonds is 7. The Bertz CT molecular complexity index is 568. The Kier molecular flexibility index (Phi) is 7.35. The molecule has 6 heteroatoms. The van der Waals surface area contributed by atoms with Crippen LogP contribution in [0.1, 0.15) is 38.8 Å². The third-order valence-corrected chi connectivity index (χ3v) is 3.67. The molecule has 0 saturated carbocycles. The van der Waals surface area contributed by atoms with Gasteiger partial charge in [0.1, 0.15) is 5.82 Å². The lowest BCUT2D eigenvalue weighted by molar-refractivity contribution is -0.128. The number of hydrogen-bond acceptors (Lipinski definition) is 3. The van der Waals surface area contributed by atoms with Crippen molar-refractivity contribution in [3.63, 3.8) is 0 Å². The highest BCUT2D eigenvalue weighted by Crippen LogP contribution is 2.18. The summed E-state index contributed by atoms with van der Waals surface area (Å²) in [4.78, 5) is 25.6. The first-order valence-corrected chi connectivity index (χ1v) is 8.08. The molecule has 0 aliphatic rings. The van der Waals surface area contributed by atoms with E-state index in [4.69, 9.17) is 0 Å². The number of hydrogen-bond donors (Lipinski definition) is 2. The minimum Gasteiger partial charge on any atom is -0.355 e. The first kappa shape index (κ1) is 20.1. The topological polar surface area (TPSA) is 61.4 Å². The third kappa shape index (κ3) is 6.66. The fourth-order valence-electron chi connectivity index (χ4n) is 2.17. The van der Waals surface area contributed by atoms with Crippen molar-refractivity contribution < 1.29 is 14.0 Å². The summed E-state index contributed by atoms with van der Waals surface area (Å²) in [5.41, 5.74) is 0.338. The molecule has 1 unspecified atom stereocenters. The molecule has 0 fully saturated rings. The lowest BCUT2D eigenvalue weighted by Gasteiger charge is -2.25. The van der Waals surface area contributed by atoms with Gasteiger partial charge in [-0.2, -0.15) is 0 Å². The Balaban J connectivity index is 2.47. The van der Waals surface area contributed by atoms with Crippen LogP contribution in [0.25, 0.3) is 0 Å². The van der Waals surface area contributed by atoms with Gasteiger partial charge < -0.3 is 15.5 Å². The van der Waals surface area contributed by atoms with Gasteiger partial charge in [-0.25, -0.2) is 4.39 Å². The van der Waals surface area contributed by atoms with Gasteiger partial charge in [0.05, 0.1) is 6.04 Å². The van der Waals surface area contributed by atoms with Crippen LogP contribution in [0.15, 0.2) is 24.3 Å². The molecule has 5 nitrogen and oxygen atoms in total. The fraction of sp³-hybridized carbons (Fsp3) is 0.556. The Morgan fingerprint density at radius 2 is 1.88 bits per heavy atom. The molecule has 134 valence electrons. The largest absolute Gasteiger partial charge is 0.355 e. The van der Waals surface area contributed by atoms with Gasteiger partial charge in [0, 0.05) is 24.9 Å². The van der Waals surface area contributed by atoms with Crippen molar-refractivity contribution in [2.24, 2.45) is 5.41 Å². The van der Waals surface area contributed by atoms with Crippen LogP contribution >= 0.6 is 0 Å². The lowest BCUT2D eigenvalue weighted by Crippen LogP contribution is -2.39. The quantitative estimate of drug-likeness (QED) is 0.801. The van der Waals surface area contributed by atoms with Gasteiger partial charge in [-0.15, -0.1) is 0 Å². The van der Waals surface area contributed by atoms with E-state index in [0.29, 0.717) is 13.1 Å². The summed E-state index contributed by atoms with van der Waals surface area (Å²) >= 11 is 0. The molecule has 0 aliphatic carbocycles. The molecule has 0 radical (unpaired) electrons. The summed E-state index contributed by atoms with van der Waals surface area (Å²) in [5, 5.41) is 5.58. The second kappa shape index (κ2) is 8.78. The van der Waals surface area contributed by atoms with Crippen LogP contribution < -0.4 is 10.6 Å². The maximum Gasteiger partial charge on any atom is 0.225 e. The monoisotopic (exact) mass is 337 g/mol. The van der Waals surface area contributed by atoms with Gasteiger partial charge in [0.2, 0.25) is 11.8 Å². The SMILES string of the molecule is CN(C)C(CNC(=O)CCNC(=O)C(C)(C)C)c1cccc(F)c1. The second-order valence-electron chi connectivity index (χ2n) is 7.09. The summed E-state index contributed by atoms with van der Waals surface area (Å²) in [6.45, 7) is 6.15. The molecule has 0 aromatic heterocycles. The van der Waals surface area contributed by atoms with Crippen LogP contribution in [0, 0.1) is 11.2 Å². The van der Waals surface area contributed by atoms with E-state index < -0.39 is 5.41 Å². The molecule has 1 rings (SSSR count). The number of likely N-dealkylation sites (N-methyl/N-ethyl adjacent to an activating group) is 1. The highest BCUT2D eigenvalue weighted by molar-refractivity contribution is 5.82. The van der Waals surface area contributed by atoms with Gasteiger partial charge in [0.25, 0.3) is 0 Å². The van der Waals surface area contributed by atoms with E-state index in [-0.39, 0.29) is 30.1 Å². The van der Waals surface area contributed by atoms with Crippen molar-refractivity contribution in [2.45, 2.75) is 33.2 Å². The Hall–Kier alpha value is -1.95. The smallest absolute Gasteiger partial charge is 0.225 e. The average molecular weight is 337 g/mol. The molecular formula is C18H28FN3O2. The van der Waals surface area contributed by atoms with Crippen LogP contribution in [0.4, 0.5) is 4.39 Å². The Labute approximate surface area is 143 Å². The standard InChI is InChI=1S/C18H28FN3O2/c1-18(2,3)17(24)20-10-9-16(23)21-12-15(22(4)5)13-7-6-8-14(19)11-13/h6-8,11,15H,9-10,12H2,1-5H3,(H,20,24)(H,21,23). The van der Waals surface area contributed by atoms with Crippen molar-refractivity contribution in [3.05, 3.63) is 35.6 Å². The summed E-state index contributed by atoms with van der Waals surface area (Å²) in [7, 11) is 3.76. The third-order valence-electron chi connectivity index (χ3n) is 3.67. The van der Waals surface area contributed by atoms with Gasteiger partial charge in [-0.05, 0) is 31.8 Å². The molecule has 24 heavy (non-hydrogen) atoms. The molecule has 1 aromatic carbocycles.